The molecule has 0 aliphatic rings. The number of nitrogens with zero attached hydrogens (tertiary/aromatic N) is 2. The number of carbonyl (C=O) groups is 1. The van der Waals surface area contributed by atoms with E-state index in [-0.39, 0.29) is 5.75 Å². The Morgan fingerprint density at radius 3 is 3.06 bits per heavy atom. The van der Waals surface area contributed by atoms with Gasteiger partial charge in [0.05, 0.1) is 6.21 Å². The fourth-order valence-electron chi connectivity index (χ4n) is 1.36. The summed E-state index contributed by atoms with van der Waals surface area (Å²) < 4.78 is 0. The summed E-state index contributed by atoms with van der Waals surface area (Å²) in [6.45, 7) is 0. The van der Waals surface area contributed by atoms with Crippen LogP contribution in [0.5, 0.6) is 5.75 Å². The van der Waals surface area contributed by atoms with Crippen molar-refractivity contribution in [3.63, 3.8) is 0 Å². The largest absolute Gasteiger partial charge is 0.504 e. The predicted octanol–water partition coefficient (Wildman–Crippen LogP) is 1.54. The Morgan fingerprint density at radius 2 is 2.25 bits per heavy atom. The van der Waals surface area contributed by atoms with Crippen LogP contribution in [-0.4, -0.2) is 22.6 Å². The minimum absolute atomic E-state index is 0.0150. The molecule has 80 valence electrons. The van der Waals surface area contributed by atoms with Crippen LogP contribution >= 0.6 is 0 Å². The molecule has 0 fully saturated rings. The van der Waals surface area contributed by atoms with Crippen molar-refractivity contribution in [3.8, 4) is 5.75 Å². The van der Waals surface area contributed by atoms with Crippen molar-refractivity contribution >= 4 is 29.1 Å². The lowest BCUT2D eigenvalue weighted by atomic mass is 10.2. The maximum atomic E-state index is 10.0. The van der Waals surface area contributed by atoms with Crippen molar-refractivity contribution in [2.24, 2.45) is 5.10 Å². The van der Waals surface area contributed by atoms with Crippen LogP contribution in [-0.2, 0) is 4.79 Å². The average molecular weight is 215 g/mol. The third-order valence-corrected chi connectivity index (χ3v) is 2.07. The fraction of sp³-hybridized carbons (Fsp3) is 0. The third-order valence-electron chi connectivity index (χ3n) is 2.07. The molecule has 2 rings (SSSR count). The zero-order valence-electron chi connectivity index (χ0n) is 8.29. The highest BCUT2D eigenvalue weighted by atomic mass is 16.3. The second-order valence-corrected chi connectivity index (χ2v) is 3.06. The summed E-state index contributed by atoms with van der Waals surface area (Å²) in [5, 5.41) is 14.3. The maximum Gasteiger partial charge on any atom is 0.167 e. The molecule has 1 aromatic heterocycles. The molecule has 2 N–H and O–H groups in total. The van der Waals surface area contributed by atoms with Crippen molar-refractivity contribution in [2.45, 2.75) is 0 Å². The van der Waals surface area contributed by atoms with Gasteiger partial charge in [0, 0.05) is 11.6 Å². The number of benzene rings is 1. The van der Waals surface area contributed by atoms with Crippen LogP contribution in [0.3, 0.4) is 0 Å². The van der Waals surface area contributed by atoms with Gasteiger partial charge in [0.15, 0.2) is 12.0 Å². The molecule has 0 radical (unpaired) electrons. The first-order valence-corrected chi connectivity index (χ1v) is 4.62. The van der Waals surface area contributed by atoms with Gasteiger partial charge in [-0.15, -0.1) is 0 Å². The number of aldehydes is 1. The number of aromatic nitrogens is 1. The van der Waals surface area contributed by atoms with Gasteiger partial charge in [0.25, 0.3) is 0 Å². The van der Waals surface area contributed by atoms with Gasteiger partial charge in [-0.2, -0.15) is 5.10 Å². The standard InChI is InChI=1S/C11H9N3O2/c15-7-6-13-14-9-4-3-8-2-1-5-12-10(8)11(9)16/h1-7,14,16H. The SMILES string of the molecule is O=CC=NNc1ccc2cccnc2c1O. The van der Waals surface area contributed by atoms with Gasteiger partial charge >= 0.3 is 0 Å². The zero-order valence-corrected chi connectivity index (χ0v) is 8.29. The molecule has 16 heavy (non-hydrogen) atoms. The van der Waals surface area contributed by atoms with Gasteiger partial charge < -0.3 is 5.11 Å². The Kier molecular flexibility index (Phi) is 2.77. The molecule has 0 saturated carbocycles. The number of pyridine rings is 1. The summed E-state index contributed by atoms with van der Waals surface area (Å²) in [7, 11) is 0. The number of anilines is 1. The monoisotopic (exact) mass is 215 g/mol. The molecular weight excluding hydrogens is 206 g/mol. The van der Waals surface area contributed by atoms with Gasteiger partial charge in [-0.1, -0.05) is 12.1 Å². The Balaban J connectivity index is 2.44. The van der Waals surface area contributed by atoms with Crippen LogP contribution in [0.2, 0.25) is 0 Å². The van der Waals surface area contributed by atoms with Gasteiger partial charge in [0.2, 0.25) is 0 Å². The van der Waals surface area contributed by atoms with Gasteiger partial charge in [0.1, 0.15) is 11.2 Å². The molecule has 0 unspecified atom stereocenters. The molecule has 1 heterocycles. The van der Waals surface area contributed by atoms with Crippen molar-refractivity contribution in [2.75, 3.05) is 5.43 Å². The number of hydrogen-bond acceptors (Lipinski definition) is 5. The van der Waals surface area contributed by atoms with Crippen LogP contribution in [0.15, 0.2) is 35.6 Å². The number of fused-ring (bicyclic) bond motifs is 1. The maximum absolute atomic E-state index is 10.0. The average Bonchev–Trinajstić information content (AvgIpc) is 2.33. The second kappa shape index (κ2) is 4.39. The Labute approximate surface area is 91.4 Å². The van der Waals surface area contributed by atoms with Crippen molar-refractivity contribution in [1.29, 1.82) is 0 Å². The Hall–Kier alpha value is -2.43. The highest BCUT2D eigenvalue weighted by Crippen LogP contribution is 2.30. The van der Waals surface area contributed by atoms with Crippen LogP contribution in [0.4, 0.5) is 5.69 Å². The molecule has 0 aliphatic carbocycles. The first-order chi connectivity index (χ1) is 7.83. The highest BCUT2D eigenvalue weighted by Gasteiger charge is 2.05. The van der Waals surface area contributed by atoms with E-state index >= 15 is 0 Å². The molecule has 0 bridgehead atoms. The molecule has 5 heteroatoms. The summed E-state index contributed by atoms with van der Waals surface area (Å²) in [4.78, 5) is 14.1. The first-order valence-electron chi connectivity index (χ1n) is 4.62. The van der Waals surface area contributed by atoms with Crippen molar-refractivity contribution < 1.29 is 9.90 Å². The van der Waals surface area contributed by atoms with E-state index in [2.05, 4.69) is 15.5 Å². The third kappa shape index (κ3) is 1.83. The summed E-state index contributed by atoms with van der Waals surface area (Å²) >= 11 is 0. The van der Waals surface area contributed by atoms with Crippen LogP contribution in [0.25, 0.3) is 10.9 Å². The van der Waals surface area contributed by atoms with Crippen LogP contribution in [0, 0.1) is 0 Å². The molecule has 0 spiro atoms. The van der Waals surface area contributed by atoms with Crippen molar-refractivity contribution in [3.05, 3.63) is 30.5 Å². The molecule has 0 saturated heterocycles. The number of carbonyl (C=O) groups excluding carboxylic acids is 1. The molecule has 0 atom stereocenters. The highest BCUT2D eigenvalue weighted by molar-refractivity contribution is 6.13. The summed E-state index contributed by atoms with van der Waals surface area (Å²) in [6.07, 6.45) is 3.20. The number of hydrogen-bond donors (Lipinski definition) is 2. The molecule has 0 aliphatic heterocycles. The summed E-state index contributed by atoms with van der Waals surface area (Å²) in [6, 6.07) is 7.11. The molecule has 1 aromatic carbocycles. The predicted molar refractivity (Wildman–Crippen MR) is 61.6 cm³/mol. The van der Waals surface area contributed by atoms with Crippen molar-refractivity contribution in [1.82, 2.24) is 4.98 Å². The molecule has 2 aromatic rings. The molecule has 0 amide bonds. The van der Waals surface area contributed by atoms with Gasteiger partial charge in [-0.25, -0.2) is 0 Å². The number of phenolic OH excluding ortho intramolecular Hbond substituents is 1. The lowest BCUT2D eigenvalue weighted by Crippen LogP contribution is -1.91. The van der Waals surface area contributed by atoms with E-state index in [0.29, 0.717) is 17.5 Å². The Bertz CT molecular complexity index is 552. The van der Waals surface area contributed by atoms with Crippen LogP contribution in [0.1, 0.15) is 0 Å². The van der Waals surface area contributed by atoms with E-state index in [1.165, 1.54) is 0 Å². The van der Waals surface area contributed by atoms with Gasteiger partial charge in [-0.3, -0.25) is 15.2 Å². The Morgan fingerprint density at radius 1 is 1.38 bits per heavy atom. The lowest BCUT2D eigenvalue weighted by Gasteiger charge is -2.05. The fourth-order valence-corrected chi connectivity index (χ4v) is 1.36. The lowest BCUT2D eigenvalue weighted by molar-refractivity contribution is -0.102. The quantitative estimate of drug-likeness (QED) is 0.352. The second-order valence-electron chi connectivity index (χ2n) is 3.06. The van der Waals surface area contributed by atoms with E-state index in [0.717, 1.165) is 11.6 Å². The van der Waals surface area contributed by atoms with Crippen LogP contribution < -0.4 is 5.43 Å². The van der Waals surface area contributed by atoms with E-state index in [1.807, 2.05) is 6.07 Å². The number of rotatable bonds is 3. The van der Waals surface area contributed by atoms with E-state index in [4.69, 9.17) is 0 Å². The smallest absolute Gasteiger partial charge is 0.167 e. The number of nitrogens with one attached hydrogen (secondary N) is 1. The van der Waals surface area contributed by atoms with E-state index in [9.17, 15) is 9.90 Å². The van der Waals surface area contributed by atoms with E-state index in [1.54, 1.807) is 24.4 Å². The minimum Gasteiger partial charge on any atom is -0.504 e. The number of phenols is 1. The van der Waals surface area contributed by atoms with Gasteiger partial charge in [-0.05, 0) is 12.1 Å². The normalized spacial score (nSPS) is 10.8. The zero-order chi connectivity index (χ0) is 11.4. The summed E-state index contributed by atoms with van der Waals surface area (Å²) in [5.41, 5.74) is 3.46. The molecule has 5 nitrogen and oxygen atoms in total. The van der Waals surface area contributed by atoms with E-state index < -0.39 is 0 Å². The number of hydrazone groups is 1. The minimum atomic E-state index is 0.0150. The molecular formula is C11H9N3O2. The first kappa shape index (κ1) is 10.1. The topological polar surface area (TPSA) is 74.6 Å². The summed E-state index contributed by atoms with van der Waals surface area (Å²) in [5.74, 6) is 0.0150. The number of aromatic hydroxyl groups is 1.